The number of hydrogen-bond acceptors (Lipinski definition) is 2. The molecular formula is C17H21FN2. The summed E-state index contributed by atoms with van der Waals surface area (Å²) >= 11 is 0. The molecule has 2 aromatic rings. The summed E-state index contributed by atoms with van der Waals surface area (Å²) in [5.41, 5.74) is 10.0. The van der Waals surface area contributed by atoms with Crippen LogP contribution in [0.5, 0.6) is 0 Å². The second kappa shape index (κ2) is 6.06. The highest BCUT2D eigenvalue weighted by atomic mass is 19.1. The van der Waals surface area contributed by atoms with E-state index in [4.69, 9.17) is 5.73 Å². The third kappa shape index (κ3) is 2.83. The van der Waals surface area contributed by atoms with E-state index in [0.717, 1.165) is 5.56 Å². The van der Waals surface area contributed by atoms with Gasteiger partial charge in [0, 0.05) is 13.6 Å². The van der Waals surface area contributed by atoms with Gasteiger partial charge in [0.15, 0.2) is 0 Å². The maximum absolute atomic E-state index is 13.9. The molecule has 0 bridgehead atoms. The molecule has 106 valence electrons. The summed E-state index contributed by atoms with van der Waals surface area (Å²) in [5, 5.41) is 0. The minimum Gasteiger partial charge on any atom is -0.364 e. The predicted octanol–water partition coefficient (Wildman–Crippen LogP) is 3.58. The molecule has 2 nitrogen and oxygen atoms in total. The third-order valence-corrected chi connectivity index (χ3v) is 3.72. The number of nitrogens with zero attached hydrogens (tertiary/aromatic N) is 1. The molecule has 2 rings (SSSR count). The van der Waals surface area contributed by atoms with Gasteiger partial charge in [0.25, 0.3) is 0 Å². The normalized spacial score (nSPS) is 12.2. The Bertz CT molecular complexity index is 595. The zero-order chi connectivity index (χ0) is 14.7. The molecule has 20 heavy (non-hydrogen) atoms. The second-order valence-corrected chi connectivity index (χ2v) is 5.17. The standard InChI is InChI=1S/C17H21FN2/c1-12-8-9-13(2)14(10-12)17(11-19)20(3)16-7-5-4-6-15(16)18/h4-10,17H,11,19H2,1-3H3. The lowest BCUT2D eigenvalue weighted by atomic mass is 9.97. The molecule has 0 heterocycles. The molecule has 0 aliphatic carbocycles. The summed E-state index contributed by atoms with van der Waals surface area (Å²) in [6.07, 6.45) is 0. The molecule has 1 atom stereocenters. The summed E-state index contributed by atoms with van der Waals surface area (Å²) in [7, 11) is 1.89. The average Bonchev–Trinajstić information content (AvgIpc) is 2.44. The van der Waals surface area contributed by atoms with Gasteiger partial charge in [-0.25, -0.2) is 4.39 Å². The van der Waals surface area contributed by atoms with Crippen molar-refractivity contribution < 1.29 is 4.39 Å². The zero-order valence-electron chi connectivity index (χ0n) is 12.2. The number of aryl methyl sites for hydroxylation is 2. The number of para-hydroxylation sites is 1. The smallest absolute Gasteiger partial charge is 0.146 e. The molecule has 0 radical (unpaired) electrons. The predicted molar refractivity (Wildman–Crippen MR) is 82.5 cm³/mol. The Morgan fingerprint density at radius 2 is 1.85 bits per heavy atom. The minimum atomic E-state index is -0.223. The molecule has 2 aromatic carbocycles. The van der Waals surface area contributed by atoms with E-state index in [2.05, 4.69) is 32.0 Å². The van der Waals surface area contributed by atoms with Gasteiger partial charge in [-0.05, 0) is 37.1 Å². The van der Waals surface area contributed by atoms with Crippen molar-refractivity contribution in [1.82, 2.24) is 0 Å². The fourth-order valence-corrected chi connectivity index (χ4v) is 2.52. The van der Waals surface area contributed by atoms with Gasteiger partial charge in [0.2, 0.25) is 0 Å². The van der Waals surface area contributed by atoms with E-state index in [0.29, 0.717) is 12.2 Å². The second-order valence-electron chi connectivity index (χ2n) is 5.17. The monoisotopic (exact) mass is 272 g/mol. The largest absolute Gasteiger partial charge is 0.364 e. The maximum atomic E-state index is 13.9. The van der Waals surface area contributed by atoms with Crippen molar-refractivity contribution in [1.29, 1.82) is 0 Å². The summed E-state index contributed by atoms with van der Waals surface area (Å²) < 4.78 is 13.9. The van der Waals surface area contributed by atoms with Gasteiger partial charge in [-0.1, -0.05) is 35.9 Å². The molecule has 0 aliphatic rings. The summed E-state index contributed by atoms with van der Waals surface area (Å²) in [6, 6.07) is 13.0. The van der Waals surface area contributed by atoms with E-state index >= 15 is 0 Å². The number of hydrogen-bond donors (Lipinski definition) is 1. The molecule has 0 saturated carbocycles. The van der Waals surface area contributed by atoms with Crippen molar-refractivity contribution in [3.63, 3.8) is 0 Å². The lowest BCUT2D eigenvalue weighted by Gasteiger charge is -2.31. The van der Waals surface area contributed by atoms with Crippen molar-refractivity contribution in [2.45, 2.75) is 19.9 Å². The summed E-state index contributed by atoms with van der Waals surface area (Å²) in [6.45, 7) is 4.56. The van der Waals surface area contributed by atoms with E-state index in [1.807, 2.05) is 18.0 Å². The Kier molecular flexibility index (Phi) is 4.40. The highest BCUT2D eigenvalue weighted by Crippen LogP contribution is 2.29. The van der Waals surface area contributed by atoms with Gasteiger partial charge >= 0.3 is 0 Å². The van der Waals surface area contributed by atoms with Gasteiger partial charge in [-0.2, -0.15) is 0 Å². The quantitative estimate of drug-likeness (QED) is 0.921. The van der Waals surface area contributed by atoms with Crippen LogP contribution in [0.4, 0.5) is 10.1 Å². The number of halogens is 1. The number of likely N-dealkylation sites (N-methyl/N-ethyl adjacent to an activating group) is 1. The van der Waals surface area contributed by atoms with Crippen LogP contribution in [0.15, 0.2) is 42.5 Å². The molecule has 0 fully saturated rings. The first-order valence-corrected chi connectivity index (χ1v) is 6.79. The molecule has 3 heteroatoms. The number of rotatable bonds is 4. The van der Waals surface area contributed by atoms with Crippen LogP contribution >= 0.6 is 0 Å². The van der Waals surface area contributed by atoms with Crippen molar-refractivity contribution in [3.8, 4) is 0 Å². The Morgan fingerprint density at radius 1 is 1.15 bits per heavy atom. The van der Waals surface area contributed by atoms with Crippen LogP contribution in [0.3, 0.4) is 0 Å². The first kappa shape index (κ1) is 14.5. The molecule has 1 unspecified atom stereocenters. The van der Waals surface area contributed by atoms with Crippen molar-refractivity contribution >= 4 is 5.69 Å². The van der Waals surface area contributed by atoms with E-state index in [1.54, 1.807) is 12.1 Å². The van der Waals surface area contributed by atoms with Gasteiger partial charge < -0.3 is 10.6 Å². The minimum absolute atomic E-state index is 0.0354. The Morgan fingerprint density at radius 3 is 2.50 bits per heavy atom. The fraction of sp³-hybridized carbons (Fsp3) is 0.294. The number of nitrogens with two attached hydrogens (primary N) is 1. The van der Waals surface area contributed by atoms with Crippen LogP contribution in [0.2, 0.25) is 0 Å². The van der Waals surface area contributed by atoms with Gasteiger partial charge in [-0.15, -0.1) is 0 Å². The van der Waals surface area contributed by atoms with Crippen LogP contribution in [0.25, 0.3) is 0 Å². The fourth-order valence-electron chi connectivity index (χ4n) is 2.52. The molecule has 0 aromatic heterocycles. The van der Waals surface area contributed by atoms with Crippen LogP contribution in [-0.2, 0) is 0 Å². The molecule has 2 N–H and O–H groups in total. The molecule has 0 amide bonds. The first-order chi connectivity index (χ1) is 9.54. The topological polar surface area (TPSA) is 29.3 Å². The third-order valence-electron chi connectivity index (χ3n) is 3.72. The van der Waals surface area contributed by atoms with E-state index in [1.165, 1.54) is 17.2 Å². The van der Waals surface area contributed by atoms with E-state index in [-0.39, 0.29) is 11.9 Å². The van der Waals surface area contributed by atoms with Crippen molar-refractivity contribution in [2.24, 2.45) is 5.73 Å². The summed E-state index contributed by atoms with van der Waals surface area (Å²) in [4.78, 5) is 1.91. The average molecular weight is 272 g/mol. The molecular weight excluding hydrogens is 251 g/mol. The van der Waals surface area contributed by atoms with Crippen LogP contribution in [0, 0.1) is 19.7 Å². The molecule has 0 saturated heterocycles. The van der Waals surface area contributed by atoms with Crippen molar-refractivity contribution in [2.75, 3.05) is 18.5 Å². The van der Waals surface area contributed by atoms with Crippen LogP contribution < -0.4 is 10.6 Å². The van der Waals surface area contributed by atoms with Gasteiger partial charge in [0.1, 0.15) is 5.82 Å². The Labute approximate surface area is 120 Å². The maximum Gasteiger partial charge on any atom is 0.146 e. The number of anilines is 1. The lowest BCUT2D eigenvalue weighted by molar-refractivity contribution is 0.602. The zero-order valence-corrected chi connectivity index (χ0v) is 12.2. The molecule has 0 spiro atoms. The van der Waals surface area contributed by atoms with Crippen LogP contribution in [0.1, 0.15) is 22.7 Å². The van der Waals surface area contributed by atoms with E-state index in [9.17, 15) is 4.39 Å². The van der Waals surface area contributed by atoms with Gasteiger partial charge in [-0.3, -0.25) is 0 Å². The highest BCUT2D eigenvalue weighted by Gasteiger charge is 2.20. The summed E-state index contributed by atoms with van der Waals surface area (Å²) in [5.74, 6) is -0.223. The Balaban J connectivity index is 2.42. The number of benzene rings is 2. The van der Waals surface area contributed by atoms with Gasteiger partial charge in [0.05, 0.1) is 11.7 Å². The van der Waals surface area contributed by atoms with E-state index < -0.39 is 0 Å². The Hall–Kier alpha value is -1.87. The molecule has 0 aliphatic heterocycles. The first-order valence-electron chi connectivity index (χ1n) is 6.79. The van der Waals surface area contributed by atoms with Crippen LogP contribution in [-0.4, -0.2) is 13.6 Å². The SMILES string of the molecule is Cc1ccc(C)c(C(CN)N(C)c2ccccc2F)c1. The lowest BCUT2D eigenvalue weighted by Crippen LogP contribution is -2.31. The van der Waals surface area contributed by atoms with Crippen molar-refractivity contribution in [3.05, 3.63) is 65.0 Å². The highest BCUT2D eigenvalue weighted by molar-refractivity contribution is 5.50.